The molecule has 0 radical (unpaired) electrons. The van der Waals surface area contributed by atoms with Crippen LogP contribution in [0.1, 0.15) is 0 Å². The third-order valence-electron chi connectivity index (χ3n) is 1.74. The van der Waals surface area contributed by atoms with Gasteiger partial charge in [-0.3, -0.25) is 5.32 Å². The van der Waals surface area contributed by atoms with Gasteiger partial charge in [-0.05, 0) is 0 Å². The average Bonchev–Trinajstić information content (AvgIpc) is 2.43. The molecular weight excluding hydrogens is 194 g/mol. The van der Waals surface area contributed by atoms with Gasteiger partial charge in [0.15, 0.2) is 0 Å². The maximum atomic E-state index is 11.0. The highest BCUT2D eigenvalue weighted by Crippen LogP contribution is 2.52. The maximum absolute atomic E-state index is 11.0. The molecule has 5 nitrogen and oxygen atoms in total. The third kappa shape index (κ3) is 1.68. The second-order valence-electron chi connectivity index (χ2n) is 2.73. The molecule has 1 fully saturated rings. The van der Waals surface area contributed by atoms with Gasteiger partial charge in [0.05, 0.1) is 5.75 Å². The van der Waals surface area contributed by atoms with E-state index < -0.39 is 22.5 Å². The van der Waals surface area contributed by atoms with E-state index in [-0.39, 0.29) is 0 Å². The molecule has 2 rings (SSSR count). The van der Waals surface area contributed by atoms with Crippen molar-refractivity contribution in [3.8, 4) is 0 Å². The fraction of sp³-hybridized carbons (Fsp3) is 0.429. The van der Waals surface area contributed by atoms with Crippen LogP contribution in [0.3, 0.4) is 0 Å². The molecular formula is C7H9NO4S. The quantitative estimate of drug-likeness (QED) is 0.592. The van der Waals surface area contributed by atoms with E-state index in [1.807, 2.05) is 0 Å². The summed E-state index contributed by atoms with van der Waals surface area (Å²) in [5.41, 5.74) is 0. The molecule has 0 aromatic heterocycles. The van der Waals surface area contributed by atoms with Crippen molar-refractivity contribution in [1.82, 2.24) is 5.32 Å². The Morgan fingerprint density at radius 3 is 2.31 bits per heavy atom. The van der Waals surface area contributed by atoms with Crippen molar-refractivity contribution < 1.29 is 18.0 Å². The fourth-order valence-electron chi connectivity index (χ4n) is 1.18. The van der Waals surface area contributed by atoms with E-state index in [2.05, 4.69) is 5.32 Å². The van der Waals surface area contributed by atoms with Crippen LogP contribution >= 0.6 is 10.6 Å². The fourth-order valence-corrected chi connectivity index (χ4v) is 3.26. The Bertz CT molecular complexity index is 260. The normalized spacial score (nSPS) is 28.0. The van der Waals surface area contributed by atoms with Gasteiger partial charge in [0.1, 0.15) is 5.88 Å². The topological polar surface area (TPSA) is 64.6 Å². The monoisotopic (exact) mass is 203 g/mol. The summed E-state index contributed by atoms with van der Waals surface area (Å²) in [6, 6.07) is 0. The number of hydrogen-bond acceptors (Lipinski definition) is 5. The molecule has 6 heteroatoms. The van der Waals surface area contributed by atoms with E-state index in [4.69, 9.17) is 8.37 Å². The number of hydrogen-bond donors (Lipinski definition) is 1. The lowest BCUT2D eigenvalue weighted by atomic mass is 10.5. The Kier molecular flexibility index (Phi) is 2.01. The van der Waals surface area contributed by atoms with Crippen LogP contribution in [0.5, 0.6) is 0 Å². The van der Waals surface area contributed by atoms with E-state index in [1.54, 1.807) is 0 Å². The number of carbonyl (C=O) groups is 2. The third-order valence-corrected chi connectivity index (χ3v) is 4.14. The van der Waals surface area contributed by atoms with Gasteiger partial charge in [-0.1, -0.05) is 10.6 Å². The lowest BCUT2D eigenvalue weighted by Crippen LogP contribution is -2.16. The van der Waals surface area contributed by atoms with Crippen molar-refractivity contribution in [2.45, 2.75) is 0 Å². The van der Waals surface area contributed by atoms with Gasteiger partial charge >= 0.3 is 11.9 Å². The summed E-state index contributed by atoms with van der Waals surface area (Å²) in [6.45, 7) is 0.718. The first-order chi connectivity index (χ1) is 6.20. The highest BCUT2D eigenvalue weighted by atomic mass is 32.3. The minimum Gasteiger partial charge on any atom is -0.339 e. The van der Waals surface area contributed by atoms with E-state index in [1.165, 1.54) is 0 Å². The predicted octanol–water partition coefficient (Wildman–Crippen LogP) is -0.162. The molecule has 0 amide bonds. The molecule has 0 atom stereocenters. The molecule has 72 valence electrons. The first kappa shape index (κ1) is 8.58. The Morgan fingerprint density at radius 2 is 1.85 bits per heavy atom. The molecule has 2 aliphatic heterocycles. The minimum absolute atomic E-state index is 0.451. The molecule has 0 aliphatic carbocycles. The van der Waals surface area contributed by atoms with Gasteiger partial charge in [0.2, 0.25) is 0 Å². The lowest BCUT2D eigenvalue weighted by Gasteiger charge is -2.34. The summed E-state index contributed by atoms with van der Waals surface area (Å²) in [7, 11) is -1.97. The molecule has 0 aromatic carbocycles. The Balaban J connectivity index is 2.21. The highest BCUT2D eigenvalue weighted by Gasteiger charge is 2.33. The second kappa shape index (κ2) is 3.04. The summed E-state index contributed by atoms with van der Waals surface area (Å²) >= 11 is 0. The number of carbonyl (C=O) groups excluding carboxylic acids is 2. The van der Waals surface area contributed by atoms with Gasteiger partial charge in [0, 0.05) is 18.7 Å². The molecule has 0 aromatic rings. The van der Waals surface area contributed by atoms with Crippen molar-refractivity contribution in [1.29, 1.82) is 0 Å². The van der Waals surface area contributed by atoms with E-state index in [0.29, 0.717) is 11.6 Å². The summed E-state index contributed by atoms with van der Waals surface area (Å²) < 4.78 is 10.2. The first-order valence-electron chi connectivity index (χ1n) is 3.84. The van der Waals surface area contributed by atoms with Crippen LogP contribution in [0.15, 0.2) is 12.2 Å². The smallest absolute Gasteiger partial charge is 0.339 e. The van der Waals surface area contributed by atoms with Crippen molar-refractivity contribution >= 4 is 22.5 Å². The second-order valence-corrected chi connectivity index (χ2v) is 5.25. The Labute approximate surface area is 76.8 Å². The van der Waals surface area contributed by atoms with Crippen LogP contribution in [-0.4, -0.2) is 30.1 Å². The van der Waals surface area contributed by atoms with Gasteiger partial charge in [-0.25, -0.2) is 9.59 Å². The summed E-state index contributed by atoms with van der Waals surface area (Å²) in [5, 5.41) is 3.01. The van der Waals surface area contributed by atoms with Gasteiger partial charge in [-0.15, -0.1) is 0 Å². The molecule has 1 spiro atoms. The Morgan fingerprint density at radius 1 is 1.23 bits per heavy atom. The molecule has 1 saturated heterocycles. The molecule has 2 aliphatic rings. The summed E-state index contributed by atoms with van der Waals surface area (Å²) in [4.78, 5) is 22.1. The van der Waals surface area contributed by atoms with E-state index in [0.717, 1.165) is 18.7 Å². The SMILES string of the molecule is O=C1C=CC(=O)OS2(CCNC2)O1. The summed E-state index contributed by atoms with van der Waals surface area (Å²) in [5.74, 6) is 0.0484. The van der Waals surface area contributed by atoms with Crippen LogP contribution in [0.2, 0.25) is 0 Å². The van der Waals surface area contributed by atoms with Gasteiger partial charge < -0.3 is 8.37 Å². The van der Waals surface area contributed by atoms with E-state index >= 15 is 0 Å². The predicted molar refractivity (Wildman–Crippen MR) is 46.7 cm³/mol. The van der Waals surface area contributed by atoms with Crippen molar-refractivity contribution in [3.05, 3.63) is 12.2 Å². The maximum Gasteiger partial charge on any atom is 0.353 e. The zero-order valence-corrected chi connectivity index (χ0v) is 7.63. The molecule has 0 unspecified atom stereocenters. The molecule has 1 N–H and O–H groups in total. The Hall–Kier alpha value is -1.01. The van der Waals surface area contributed by atoms with Crippen molar-refractivity contribution in [3.63, 3.8) is 0 Å². The van der Waals surface area contributed by atoms with E-state index in [9.17, 15) is 9.59 Å². The molecule has 2 heterocycles. The van der Waals surface area contributed by atoms with Gasteiger partial charge in [0.25, 0.3) is 0 Å². The lowest BCUT2D eigenvalue weighted by molar-refractivity contribution is -0.129. The van der Waals surface area contributed by atoms with Crippen LogP contribution in [0, 0.1) is 0 Å². The zero-order valence-electron chi connectivity index (χ0n) is 6.82. The highest BCUT2D eigenvalue weighted by molar-refractivity contribution is 8.26. The van der Waals surface area contributed by atoms with Crippen molar-refractivity contribution in [2.75, 3.05) is 18.2 Å². The van der Waals surface area contributed by atoms with Crippen molar-refractivity contribution in [2.24, 2.45) is 0 Å². The largest absolute Gasteiger partial charge is 0.353 e. The summed E-state index contributed by atoms with van der Waals surface area (Å²) in [6.07, 6.45) is 2.20. The standard InChI is InChI=1S/C7H9NO4S/c9-6-1-2-7(10)12-13(11-6)4-3-8-5-13/h1-2,8H,3-5H2. The van der Waals surface area contributed by atoms with Crippen LogP contribution in [-0.2, 0) is 18.0 Å². The molecule has 13 heavy (non-hydrogen) atoms. The number of rotatable bonds is 0. The first-order valence-corrected chi connectivity index (χ1v) is 5.67. The number of nitrogens with one attached hydrogen (secondary N) is 1. The molecule has 0 saturated carbocycles. The average molecular weight is 203 g/mol. The zero-order chi connectivity index (χ0) is 9.31. The minimum atomic E-state index is -1.97. The molecule has 0 bridgehead atoms. The van der Waals surface area contributed by atoms with Crippen LogP contribution in [0.25, 0.3) is 0 Å². The van der Waals surface area contributed by atoms with Gasteiger partial charge in [-0.2, -0.15) is 0 Å². The van der Waals surface area contributed by atoms with Crippen LogP contribution in [0.4, 0.5) is 0 Å². The van der Waals surface area contributed by atoms with Crippen LogP contribution < -0.4 is 5.32 Å².